The van der Waals surface area contributed by atoms with Crippen LogP contribution in [-0.2, 0) is 11.2 Å². The molecule has 2 heterocycles. The number of hydrogen-bond donors (Lipinski definition) is 0. The van der Waals surface area contributed by atoms with Gasteiger partial charge in [0, 0.05) is 17.4 Å². The number of hydrogen-bond acceptors (Lipinski definition) is 5. The number of amides is 1. The largest absolute Gasteiger partial charge is 0.361 e. The van der Waals surface area contributed by atoms with Gasteiger partial charge in [-0.3, -0.25) is 9.69 Å². The second-order valence-corrected chi connectivity index (χ2v) is 6.48. The van der Waals surface area contributed by atoms with Crippen molar-refractivity contribution in [1.29, 1.82) is 0 Å². The van der Waals surface area contributed by atoms with E-state index in [0.717, 1.165) is 28.4 Å². The van der Waals surface area contributed by atoms with E-state index in [4.69, 9.17) is 4.52 Å². The van der Waals surface area contributed by atoms with Crippen LogP contribution in [-0.4, -0.2) is 16.0 Å². The molecule has 2 aromatic heterocycles. The maximum atomic E-state index is 12.9. The molecule has 3 aromatic rings. The SMILES string of the molecule is Cc1csc(N(C(=O)CCc2c(C)noc2C)c2ccccc2)n1. The zero-order valence-electron chi connectivity index (χ0n) is 13.9. The van der Waals surface area contributed by atoms with Gasteiger partial charge in [-0.25, -0.2) is 4.98 Å². The molecule has 1 aromatic carbocycles. The van der Waals surface area contributed by atoms with Crippen LogP contribution >= 0.6 is 11.3 Å². The third-order valence-corrected chi connectivity index (χ3v) is 4.78. The third kappa shape index (κ3) is 3.38. The van der Waals surface area contributed by atoms with Gasteiger partial charge in [-0.2, -0.15) is 0 Å². The first-order chi connectivity index (χ1) is 11.6. The summed E-state index contributed by atoms with van der Waals surface area (Å²) in [5.41, 5.74) is 3.59. The molecule has 3 rings (SSSR count). The number of carbonyl (C=O) groups excluding carboxylic acids is 1. The molecule has 6 heteroatoms. The fourth-order valence-corrected chi connectivity index (χ4v) is 3.42. The topological polar surface area (TPSA) is 59.2 Å². The average Bonchev–Trinajstić information content (AvgIpc) is 3.13. The van der Waals surface area contributed by atoms with Crippen molar-refractivity contribution < 1.29 is 9.32 Å². The molecular formula is C18H19N3O2S. The van der Waals surface area contributed by atoms with Gasteiger partial charge >= 0.3 is 0 Å². The van der Waals surface area contributed by atoms with E-state index in [9.17, 15) is 4.79 Å². The summed E-state index contributed by atoms with van der Waals surface area (Å²) in [5, 5.41) is 6.60. The molecular weight excluding hydrogens is 322 g/mol. The van der Waals surface area contributed by atoms with Gasteiger partial charge in [-0.05, 0) is 39.3 Å². The summed E-state index contributed by atoms with van der Waals surface area (Å²) in [7, 11) is 0. The van der Waals surface area contributed by atoms with Crippen molar-refractivity contribution in [2.45, 2.75) is 33.6 Å². The Morgan fingerprint density at radius 1 is 1.21 bits per heavy atom. The lowest BCUT2D eigenvalue weighted by Crippen LogP contribution is -2.26. The minimum atomic E-state index is 0.00977. The maximum absolute atomic E-state index is 12.9. The highest BCUT2D eigenvalue weighted by molar-refractivity contribution is 7.14. The van der Waals surface area contributed by atoms with Crippen molar-refractivity contribution in [3.05, 3.63) is 58.4 Å². The number of para-hydroxylation sites is 1. The number of thiazole rings is 1. The van der Waals surface area contributed by atoms with Crippen LogP contribution in [0.5, 0.6) is 0 Å². The van der Waals surface area contributed by atoms with Crippen LogP contribution in [0.2, 0.25) is 0 Å². The molecule has 0 aliphatic rings. The van der Waals surface area contributed by atoms with Gasteiger partial charge in [0.2, 0.25) is 5.91 Å². The standard InChI is InChI=1S/C18H19N3O2S/c1-12-11-24-18(19-12)21(15-7-5-4-6-8-15)17(22)10-9-16-13(2)20-23-14(16)3/h4-8,11H,9-10H2,1-3H3. The summed E-state index contributed by atoms with van der Waals surface area (Å²) < 4.78 is 5.18. The van der Waals surface area contributed by atoms with Crippen LogP contribution in [0.3, 0.4) is 0 Å². The van der Waals surface area contributed by atoms with Gasteiger partial charge < -0.3 is 4.52 Å². The van der Waals surface area contributed by atoms with Crippen molar-refractivity contribution >= 4 is 28.1 Å². The van der Waals surface area contributed by atoms with Gasteiger partial charge in [-0.1, -0.05) is 23.4 Å². The zero-order chi connectivity index (χ0) is 17.1. The number of carbonyl (C=O) groups is 1. The highest BCUT2D eigenvalue weighted by Gasteiger charge is 2.21. The van der Waals surface area contributed by atoms with Crippen molar-refractivity contribution in [2.24, 2.45) is 0 Å². The van der Waals surface area contributed by atoms with Gasteiger partial charge in [-0.15, -0.1) is 11.3 Å². The van der Waals surface area contributed by atoms with Crippen molar-refractivity contribution in [3.8, 4) is 0 Å². The molecule has 0 aliphatic heterocycles. The van der Waals surface area contributed by atoms with E-state index >= 15 is 0 Å². The van der Waals surface area contributed by atoms with E-state index in [0.29, 0.717) is 18.0 Å². The second-order valence-electron chi connectivity index (χ2n) is 5.64. The van der Waals surface area contributed by atoms with Crippen LogP contribution in [0.25, 0.3) is 0 Å². The molecule has 0 saturated heterocycles. The van der Waals surface area contributed by atoms with Gasteiger partial charge in [0.25, 0.3) is 0 Å². The van der Waals surface area contributed by atoms with Crippen LogP contribution in [0.4, 0.5) is 10.8 Å². The molecule has 0 bridgehead atoms. The summed E-state index contributed by atoms with van der Waals surface area (Å²) in [4.78, 5) is 19.1. The highest BCUT2D eigenvalue weighted by atomic mass is 32.1. The summed E-state index contributed by atoms with van der Waals surface area (Å²) in [6.45, 7) is 5.70. The van der Waals surface area contributed by atoms with Crippen molar-refractivity contribution in [1.82, 2.24) is 10.1 Å². The van der Waals surface area contributed by atoms with E-state index in [-0.39, 0.29) is 5.91 Å². The van der Waals surface area contributed by atoms with Crippen LogP contribution in [0, 0.1) is 20.8 Å². The van der Waals surface area contributed by atoms with Crippen LogP contribution < -0.4 is 4.90 Å². The number of aryl methyl sites for hydroxylation is 3. The van der Waals surface area contributed by atoms with E-state index in [1.54, 1.807) is 4.90 Å². The molecule has 0 unspecified atom stereocenters. The fourth-order valence-electron chi connectivity index (χ4n) is 2.58. The molecule has 1 amide bonds. The minimum Gasteiger partial charge on any atom is -0.361 e. The quantitative estimate of drug-likeness (QED) is 0.692. The van der Waals surface area contributed by atoms with E-state index in [2.05, 4.69) is 10.1 Å². The molecule has 124 valence electrons. The number of nitrogens with zero attached hydrogens (tertiary/aromatic N) is 3. The smallest absolute Gasteiger partial charge is 0.233 e. The molecule has 0 fully saturated rings. The first-order valence-corrected chi connectivity index (χ1v) is 8.66. The Bertz CT molecular complexity index is 820. The van der Waals surface area contributed by atoms with Crippen LogP contribution in [0.1, 0.15) is 29.1 Å². The van der Waals surface area contributed by atoms with E-state index in [1.165, 1.54) is 11.3 Å². The number of aromatic nitrogens is 2. The lowest BCUT2D eigenvalue weighted by molar-refractivity contribution is -0.117. The summed E-state index contributed by atoms with van der Waals surface area (Å²) in [6, 6.07) is 9.62. The predicted molar refractivity (Wildman–Crippen MR) is 94.7 cm³/mol. The Labute approximate surface area is 144 Å². The molecule has 0 N–H and O–H groups in total. The molecule has 24 heavy (non-hydrogen) atoms. The first kappa shape index (κ1) is 16.4. The summed E-state index contributed by atoms with van der Waals surface area (Å²) >= 11 is 1.47. The monoisotopic (exact) mass is 341 g/mol. The lowest BCUT2D eigenvalue weighted by Gasteiger charge is -2.20. The zero-order valence-corrected chi connectivity index (χ0v) is 14.8. The normalized spacial score (nSPS) is 10.8. The lowest BCUT2D eigenvalue weighted by atomic mass is 10.1. The van der Waals surface area contributed by atoms with Gasteiger partial charge in [0.05, 0.1) is 17.1 Å². The Morgan fingerprint density at radius 3 is 2.54 bits per heavy atom. The van der Waals surface area contributed by atoms with E-state index < -0.39 is 0 Å². The maximum Gasteiger partial charge on any atom is 0.233 e. The van der Waals surface area contributed by atoms with Gasteiger partial charge in [0.15, 0.2) is 5.13 Å². The summed E-state index contributed by atoms with van der Waals surface area (Å²) in [6.07, 6.45) is 0.976. The van der Waals surface area contributed by atoms with Crippen molar-refractivity contribution in [3.63, 3.8) is 0 Å². The molecule has 0 aliphatic carbocycles. The minimum absolute atomic E-state index is 0.00977. The third-order valence-electron chi connectivity index (χ3n) is 3.83. The number of anilines is 2. The Balaban J connectivity index is 1.84. The van der Waals surface area contributed by atoms with Crippen molar-refractivity contribution in [2.75, 3.05) is 4.90 Å². The molecule has 5 nitrogen and oxygen atoms in total. The molecule has 0 spiro atoms. The summed E-state index contributed by atoms with van der Waals surface area (Å²) in [5.74, 6) is 0.784. The van der Waals surface area contributed by atoms with E-state index in [1.807, 2.05) is 56.5 Å². The second kappa shape index (κ2) is 6.97. The Hall–Kier alpha value is -2.47. The Morgan fingerprint density at radius 2 is 1.96 bits per heavy atom. The van der Waals surface area contributed by atoms with Crippen LogP contribution in [0.15, 0.2) is 40.2 Å². The number of rotatable bonds is 5. The Kier molecular flexibility index (Phi) is 4.76. The first-order valence-electron chi connectivity index (χ1n) is 7.78. The number of benzene rings is 1. The average molecular weight is 341 g/mol. The highest BCUT2D eigenvalue weighted by Crippen LogP contribution is 2.29. The molecule has 0 atom stereocenters. The molecule has 0 radical (unpaired) electrons. The van der Waals surface area contributed by atoms with Gasteiger partial charge in [0.1, 0.15) is 5.76 Å². The fraction of sp³-hybridized carbons (Fsp3) is 0.278. The predicted octanol–water partition coefficient (Wildman–Crippen LogP) is 4.35. The molecule has 0 saturated carbocycles.